The molecule has 6 nitrogen and oxygen atoms in total. The first kappa shape index (κ1) is 21.9. The Hall–Kier alpha value is -3.80. The average molecular weight is 418 g/mol. The third-order valence-corrected chi connectivity index (χ3v) is 4.75. The van der Waals surface area contributed by atoms with Crippen LogP contribution in [0, 0.1) is 0 Å². The minimum Gasteiger partial charge on any atom is -0.497 e. The molecule has 0 saturated carbocycles. The van der Waals surface area contributed by atoms with Gasteiger partial charge in [-0.25, -0.2) is 4.79 Å². The molecule has 0 aliphatic heterocycles. The molecule has 0 bridgehead atoms. The number of rotatable bonds is 9. The number of fused-ring (bicyclic) bond motifs is 1. The highest BCUT2D eigenvalue weighted by molar-refractivity contribution is 6.07. The first-order valence-corrected chi connectivity index (χ1v) is 10.1. The maximum Gasteiger partial charge on any atom is 0.341 e. The van der Waals surface area contributed by atoms with Crippen LogP contribution in [0.2, 0.25) is 0 Å². The lowest BCUT2D eigenvalue weighted by Gasteiger charge is -2.23. The zero-order chi connectivity index (χ0) is 22.2. The zero-order valence-electron chi connectivity index (χ0n) is 18.0. The van der Waals surface area contributed by atoms with E-state index in [1.807, 2.05) is 54.3 Å². The quantitative estimate of drug-likeness (QED) is 0.341. The van der Waals surface area contributed by atoms with Crippen LogP contribution in [0.15, 0.2) is 67.7 Å². The second-order valence-corrected chi connectivity index (χ2v) is 6.55. The minimum absolute atomic E-state index is 0.283. The molecule has 31 heavy (non-hydrogen) atoms. The van der Waals surface area contributed by atoms with Gasteiger partial charge < -0.3 is 19.1 Å². The van der Waals surface area contributed by atoms with Gasteiger partial charge in [-0.05, 0) is 38.1 Å². The Bertz CT molecular complexity index is 1090. The van der Waals surface area contributed by atoms with Crippen LogP contribution in [-0.2, 0) is 4.74 Å². The Balaban J connectivity index is 2.02. The summed E-state index contributed by atoms with van der Waals surface area (Å²) in [6.45, 7) is 8.53. The molecule has 0 unspecified atom stereocenters. The van der Waals surface area contributed by atoms with Crippen molar-refractivity contribution < 1.29 is 19.0 Å². The number of pyridine rings is 1. The highest BCUT2D eigenvalue weighted by Crippen LogP contribution is 2.32. The van der Waals surface area contributed by atoms with Gasteiger partial charge in [0.05, 0.1) is 24.9 Å². The lowest BCUT2D eigenvalue weighted by molar-refractivity contribution is 0.0527. The molecule has 0 spiro atoms. The van der Waals surface area contributed by atoms with Gasteiger partial charge in [0.25, 0.3) is 0 Å². The lowest BCUT2D eigenvalue weighted by atomic mass is 10.0. The van der Waals surface area contributed by atoms with Crippen LogP contribution in [0.3, 0.4) is 0 Å². The van der Waals surface area contributed by atoms with Gasteiger partial charge in [-0.15, -0.1) is 0 Å². The number of anilines is 1. The molecule has 0 fully saturated rings. The molecule has 1 aromatic heterocycles. The molecule has 0 saturated heterocycles. The van der Waals surface area contributed by atoms with E-state index in [0.717, 1.165) is 22.2 Å². The summed E-state index contributed by atoms with van der Waals surface area (Å²) < 4.78 is 16.2. The van der Waals surface area contributed by atoms with Gasteiger partial charge in [-0.3, -0.25) is 4.98 Å². The third-order valence-electron chi connectivity index (χ3n) is 4.75. The summed E-state index contributed by atoms with van der Waals surface area (Å²) >= 11 is 0. The van der Waals surface area contributed by atoms with Gasteiger partial charge in [0, 0.05) is 29.9 Å². The maximum atomic E-state index is 12.7. The van der Waals surface area contributed by atoms with Crippen LogP contribution in [0.5, 0.6) is 11.5 Å². The number of ether oxygens (including phenoxy) is 3. The summed E-state index contributed by atoms with van der Waals surface area (Å²) in [7, 11) is 1.62. The van der Waals surface area contributed by atoms with Gasteiger partial charge in [0.1, 0.15) is 23.3 Å². The summed E-state index contributed by atoms with van der Waals surface area (Å²) in [4.78, 5) is 19.1. The average Bonchev–Trinajstić information content (AvgIpc) is 2.81. The normalized spacial score (nSPS) is 10.8. The summed E-state index contributed by atoms with van der Waals surface area (Å²) in [5, 5.41) is 0.832. The first-order valence-electron chi connectivity index (χ1n) is 10.1. The molecule has 0 radical (unpaired) electrons. The highest BCUT2D eigenvalue weighted by atomic mass is 16.5. The molecule has 3 aromatic rings. The van der Waals surface area contributed by atoms with E-state index in [4.69, 9.17) is 14.2 Å². The van der Waals surface area contributed by atoms with E-state index >= 15 is 0 Å². The second-order valence-electron chi connectivity index (χ2n) is 6.55. The summed E-state index contributed by atoms with van der Waals surface area (Å²) in [5.41, 5.74) is 2.77. The molecule has 3 rings (SSSR count). The molecule has 160 valence electrons. The monoisotopic (exact) mass is 418 g/mol. The molecule has 0 aliphatic carbocycles. The van der Waals surface area contributed by atoms with E-state index < -0.39 is 5.97 Å². The number of benzene rings is 2. The fraction of sp³-hybridized carbons (Fsp3) is 0.200. The highest BCUT2D eigenvalue weighted by Gasteiger charge is 2.20. The van der Waals surface area contributed by atoms with E-state index in [1.54, 1.807) is 38.8 Å². The van der Waals surface area contributed by atoms with Crippen LogP contribution >= 0.6 is 0 Å². The molecule has 1 heterocycles. The number of esters is 1. The number of carbonyl (C=O) groups is 1. The first-order chi connectivity index (χ1) is 15.1. The number of para-hydroxylation sites is 1. The standard InChI is InChI=1S/C25H26N2O4/c1-5-18-9-8-10-21-23(18)26-17-22(25(28)30-7-3)24(21)27(6-2)15-16-31-20-13-11-19(29-4)12-14-20/h5,8-17H,1,6-7H2,2-4H3/b16-15+. The smallest absolute Gasteiger partial charge is 0.341 e. The molecule has 6 heteroatoms. The third kappa shape index (κ3) is 4.86. The molecular formula is C25H26N2O4. The number of nitrogens with zero attached hydrogens (tertiary/aromatic N) is 2. The van der Waals surface area contributed by atoms with Gasteiger partial charge in [-0.2, -0.15) is 0 Å². The zero-order valence-corrected chi connectivity index (χ0v) is 18.0. The lowest BCUT2D eigenvalue weighted by Crippen LogP contribution is -2.20. The Morgan fingerprint density at radius 1 is 1.13 bits per heavy atom. The summed E-state index contributed by atoms with van der Waals surface area (Å²) in [6.07, 6.45) is 6.69. The van der Waals surface area contributed by atoms with E-state index in [2.05, 4.69) is 11.6 Å². The van der Waals surface area contributed by atoms with Crippen LogP contribution in [0.4, 0.5) is 5.69 Å². The Morgan fingerprint density at radius 2 is 1.87 bits per heavy atom. The van der Waals surface area contributed by atoms with Crippen molar-refractivity contribution in [3.63, 3.8) is 0 Å². The van der Waals surface area contributed by atoms with Gasteiger partial charge in [-0.1, -0.05) is 30.9 Å². The fourth-order valence-electron chi connectivity index (χ4n) is 3.24. The van der Waals surface area contributed by atoms with Crippen LogP contribution < -0.4 is 14.4 Å². The molecule has 0 N–H and O–H groups in total. The second kappa shape index (κ2) is 10.3. The van der Waals surface area contributed by atoms with Gasteiger partial charge >= 0.3 is 5.97 Å². The largest absolute Gasteiger partial charge is 0.497 e. The topological polar surface area (TPSA) is 60.9 Å². The Labute approximate surface area is 182 Å². The molecule has 0 atom stereocenters. The summed E-state index contributed by atoms with van der Waals surface area (Å²) in [5.74, 6) is 1.01. The van der Waals surface area contributed by atoms with E-state index in [9.17, 15) is 4.79 Å². The van der Waals surface area contributed by atoms with Crippen molar-refractivity contribution >= 4 is 28.6 Å². The van der Waals surface area contributed by atoms with Gasteiger partial charge in [0.15, 0.2) is 0 Å². The maximum absolute atomic E-state index is 12.7. The van der Waals surface area contributed by atoms with Crippen LogP contribution in [0.25, 0.3) is 17.0 Å². The van der Waals surface area contributed by atoms with E-state index in [-0.39, 0.29) is 6.61 Å². The Morgan fingerprint density at radius 3 is 2.52 bits per heavy atom. The number of carbonyl (C=O) groups excluding carboxylic acids is 1. The van der Waals surface area contributed by atoms with Crippen molar-refractivity contribution in [2.45, 2.75) is 13.8 Å². The number of hydrogen-bond donors (Lipinski definition) is 0. The molecule has 0 aliphatic rings. The number of methoxy groups -OCH3 is 1. The molecule has 2 aromatic carbocycles. The van der Waals surface area contributed by atoms with Crippen molar-refractivity contribution in [3.05, 3.63) is 78.8 Å². The Kier molecular flexibility index (Phi) is 7.27. The van der Waals surface area contributed by atoms with Crippen LogP contribution in [0.1, 0.15) is 29.8 Å². The molecular weight excluding hydrogens is 392 g/mol. The van der Waals surface area contributed by atoms with Crippen molar-refractivity contribution in [2.75, 3.05) is 25.2 Å². The van der Waals surface area contributed by atoms with E-state index in [0.29, 0.717) is 23.5 Å². The van der Waals surface area contributed by atoms with Gasteiger partial charge in [0.2, 0.25) is 0 Å². The minimum atomic E-state index is -0.418. The fourth-order valence-corrected chi connectivity index (χ4v) is 3.24. The van der Waals surface area contributed by atoms with Crippen molar-refractivity contribution in [2.24, 2.45) is 0 Å². The predicted molar refractivity (Wildman–Crippen MR) is 124 cm³/mol. The summed E-state index contributed by atoms with van der Waals surface area (Å²) in [6, 6.07) is 13.1. The van der Waals surface area contributed by atoms with Crippen LogP contribution in [-0.4, -0.2) is 31.2 Å². The van der Waals surface area contributed by atoms with Crippen molar-refractivity contribution in [1.82, 2.24) is 4.98 Å². The van der Waals surface area contributed by atoms with E-state index in [1.165, 1.54) is 0 Å². The van der Waals surface area contributed by atoms with Crippen molar-refractivity contribution in [3.8, 4) is 11.5 Å². The predicted octanol–water partition coefficient (Wildman–Crippen LogP) is 5.44. The molecule has 0 amide bonds. The number of hydrogen-bond acceptors (Lipinski definition) is 6. The number of aromatic nitrogens is 1. The van der Waals surface area contributed by atoms with Crippen molar-refractivity contribution in [1.29, 1.82) is 0 Å². The SMILES string of the molecule is C=Cc1cccc2c(N(/C=C/Oc3ccc(OC)cc3)CC)c(C(=O)OCC)cnc12.